The number of fused-ring (bicyclic) bond motifs is 1. The summed E-state index contributed by atoms with van der Waals surface area (Å²) in [6.07, 6.45) is 7.47. The van der Waals surface area contributed by atoms with E-state index in [0.717, 1.165) is 37.1 Å². The molecule has 5 nitrogen and oxygen atoms in total. The van der Waals surface area contributed by atoms with Gasteiger partial charge in [-0.15, -0.1) is 10.2 Å². The summed E-state index contributed by atoms with van der Waals surface area (Å²) >= 11 is 0. The van der Waals surface area contributed by atoms with Crippen LogP contribution in [0.2, 0.25) is 0 Å². The van der Waals surface area contributed by atoms with Gasteiger partial charge in [0.15, 0.2) is 5.82 Å². The quantitative estimate of drug-likeness (QED) is 0.898. The first-order valence-corrected chi connectivity index (χ1v) is 6.97. The highest BCUT2D eigenvalue weighted by atomic mass is 15.3. The fourth-order valence-electron chi connectivity index (χ4n) is 2.77. The standard InChI is InChI=1S/C14H17N5/c1-2-10(1)9-12-17-18-14-13(16-7-8-19(12)14)11-3-5-15-6-4-11/h3-6,10,13,16H,1-2,7-9H2. The number of hydrogen-bond acceptors (Lipinski definition) is 4. The number of rotatable bonds is 3. The molecule has 4 rings (SSSR count). The molecule has 1 atom stereocenters. The Morgan fingerprint density at radius 2 is 2.05 bits per heavy atom. The molecule has 1 aliphatic carbocycles. The Bertz CT molecular complexity index is 573. The molecule has 5 heteroatoms. The van der Waals surface area contributed by atoms with Crippen LogP contribution in [0.15, 0.2) is 24.5 Å². The molecule has 0 radical (unpaired) electrons. The zero-order valence-electron chi connectivity index (χ0n) is 10.8. The van der Waals surface area contributed by atoms with Crippen LogP contribution in [0.4, 0.5) is 0 Å². The Kier molecular flexibility index (Phi) is 2.58. The van der Waals surface area contributed by atoms with Crippen LogP contribution in [0, 0.1) is 5.92 Å². The number of aromatic nitrogens is 4. The van der Waals surface area contributed by atoms with Gasteiger partial charge in [-0.1, -0.05) is 0 Å². The minimum atomic E-state index is 0.150. The molecular formula is C14H17N5. The van der Waals surface area contributed by atoms with Gasteiger partial charge in [-0.3, -0.25) is 4.98 Å². The first kappa shape index (κ1) is 11.1. The molecule has 2 aliphatic rings. The summed E-state index contributed by atoms with van der Waals surface area (Å²) in [4.78, 5) is 4.08. The lowest BCUT2D eigenvalue weighted by Gasteiger charge is -2.25. The normalized spacial score (nSPS) is 22.2. The zero-order chi connectivity index (χ0) is 12.7. The predicted octanol–water partition coefficient (Wildman–Crippen LogP) is 1.32. The van der Waals surface area contributed by atoms with Gasteiger partial charge in [0.05, 0.1) is 6.04 Å². The molecule has 0 saturated heterocycles. The molecular weight excluding hydrogens is 238 g/mol. The molecule has 0 aromatic carbocycles. The largest absolute Gasteiger partial charge is 0.312 e. The summed E-state index contributed by atoms with van der Waals surface area (Å²) in [6, 6.07) is 4.24. The second-order valence-electron chi connectivity index (χ2n) is 5.44. The summed E-state index contributed by atoms with van der Waals surface area (Å²) in [7, 11) is 0. The van der Waals surface area contributed by atoms with Gasteiger partial charge < -0.3 is 9.88 Å². The van der Waals surface area contributed by atoms with Crippen molar-refractivity contribution in [2.45, 2.75) is 31.8 Å². The van der Waals surface area contributed by atoms with Gasteiger partial charge in [-0.25, -0.2) is 0 Å². The molecule has 2 aromatic heterocycles. The fraction of sp³-hybridized carbons (Fsp3) is 0.500. The van der Waals surface area contributed by atoms with Crippen molar-refractivity contribution in [3.8, 4) is 0 Å². The molecule has 1 fully saturated rings. The number of hydrogen-bond donors (Lipinski definition) is 1. The van der Waals surface area contributed by atoms with Gasteiger partial charge >= 0.3 is 0 Å². The van der Waals surface area contributed by atoms with Crippen LogP contribution in [0.1, 0.15) is 36.1 Å². The highest BCUT2D eigenvalue weighted by molar-refractivity contribution is 5.24. The van der Waals surface area contributed by atoms with Gasteiger partial charge in [0.1, 0.15) is 5.82 Å². The van der Waals surface area contributed by atoms with Crippen LogP contribution in [0.25, 0.3) is 0 Å². The van der Waals surface area contributed by atoms with Crippen LogP contribution < -0.4 is 5.32 Å². The van der Waals surface area contributed by atoms with Crippen LogP contribution in [0.5, 0.6) is 0 Å². The van der Waals surface area contributed by atoms with E-state index in [9.17, 15) is 0 Å². The lowest BCUT2D eigenvalue weighted by Crippen LogP contribution is -2.35. The van der Waals surface area contributed by atoms with Gasteiger partial charge in [0.2, 0.25) is 0 Å². The van der Waals surface area contributed by atoms with Crippen LogP contribution in [-0.4, -0.2) is 26.3 Å². The Morgan fingerprint density at radius 1 is 1.21 bits per heavy atom. The van der Waals surface area contributed by atoms with Crippen LogP contribution in [-0.2, 0) is 13.0 Å². The Hall–Kier alpha value is -1.75. The molecule has 98 valence electrons. The van der Waals surface area contributed by atoms with Gasteiger partial charge in [0, 0.05) is 31.9 Å². The average Bonchev–Trinajstić information content (AvgIpc) is 3.19. The van der Waals surface area contributed by atoms with Crippen molar-refractivity contribution in [1.82, 2.24) is 25.1 Å². The molecule has 1 unspecified atom stereocenters. The predicted molar refractivity (Wildman–Crippen MR) is 70.5 cm³/mol. The van der Waals surface area contributed by atoms with Gasteiger partial charge in [-0.05, 0) is 36.5 Å². The molecule has 1 N–H and O–H groups in total. The number of nitrogens with zero attached hydrogens (tertiary/aromatic N) is 4. The number of nitrogens with one attached hydrogen (secondary N) is 1. The van der Waals surface area contributed by atoms with Crippen molar-refractivity contribution < 1.29 is 0 Å². The molecule has 0 spiro atoms. The summed E-state index contributed by atoms with van der Waals surface area (Å²) in [5, 5.41) is 12.4. The Balaban J connectivity index is 1.69. The summed E-state index contributed by atoms with van der Waals surface area (Å²) in [5.41, 5.74) is 1.21. The first-order valence-electron chi connectivity index (χ1n) is 6.97. The second kappa shape index (κ2) is 4.42. The minimum Gasteiger partial charge on any atom is -0.312 e. The summed E-state index contributed by atoms with van der Waals surface area (Å²) in [5.74, 6) is 3.06. The lowest BCUT2D eigenvalue weighted by atomic mass is 10.1. The van der Waals surface area contributed by atoms with Crippen LogP contribution in [0.3, 0.4) is 0 Å². The summed E-state index contributed by atoms with van der Waals surface area (Å²) < 4.78 is 2.31. The highest BCUT2D eigenvalue weighted by Crippen LogP contribution is 2.33. The third-order valence-corrected chi connectivity index (χ3v) is 4.01. The van der Waals surface area contributed by atoms with E-state index in [0.29, 0.717) is 0 Å². The molecule has 0 bridgehead atoms. The zero-order valence-corrected chi connectivity index (χ0v) is 10.8. The average molecular weight is 255 g/mol. The summed E-state index contributed by atoms with van der Waals surface area (Å²) in [6.45, 7) is 1.95. The van der Waals surface area contributed by atoms with E-state index in [4.69, 9.17) is 0 Å². The first-order chi connectivity index (χ1) is 9.42. The van der Waals surface area contributed by atoms with Crippen LogP contribution >= 0.6 is 0 Å². The molecule has 1 aliphatic heterocycles. The minimum absolute atomic E-state index is 0.150. The van der Waals surface area contributed by atoms with E-state index in [2.05, 4.69) is 25.1 Å². The van der Waals surface area contributed by atoms with Crippen molar-refractivity contribution in [3.63, 3.8) is 0 Å². The maximum atomic E-state index is 4.43. The van der Waals surface area contributed by atoms with Crippen molar-refractivity contribution >= 4 is 0 Å². The smallest absolute Gasteiger partial charge is 0.154 e. The molecule has 1 saturated carbocycles. The molecule has 19 heavy (non-hydrogen) atoms. The molecule has 0 amide bonds. The molecule has 3 heterocycles. The van der Waals surface area contributed by atoms with E-state index in [1.54, 1.807) is 0 Å². The van der Waals surface area contributed by atoms with E-state index in [1.807, 2.05) is 24.5 Å². The third kappa shape index (κ3) is 2.04. The fourth-order valence-corrected chi connectivity index (χ4v) is 2.77. The van der Waals surface area contributed by atoms with Crippen molar-refractivity contribution in [2.75, 3.05) is 6.54 Å². The van der Waals surface area contributed by atoms with E-state index >= 15 is 0 Å². The second-order valence-corrected chi connectivity index (χ2v) is 5.44. The van der Waals surface area contributed by atoms with Crippen molar-refractivity contribution in [3.05, 3.63) is 41.7 Å². The molecule has 2 aromatic rings. The third-order valence-electron chi connectivity index (χ3n) is 4.01. The Labute approximate surface area is 112 Å². The maximum Gasteiger partial charge on any atom is 0.154 e. The highest BCUT2D eigenvalue weighted by Gasteiger charge is 2.29. The lowest BCUT2D eigenvalue weighted by molar-refractivity contribution is 0.445. The SMILES string of the molecule is c1cc(C2NCCn3c(CC4CC4)nnc32)ccn1. The van der Waals surface area contributed by atoms with E-state index in [1.165, 1.54) is 18.4 Å². The maximum absolute atomic E-state index is 4.43. The number of pyridine rings is 1. The Morgan fingerprint density at radius 3 is 2.84 bits per heavy atom. The topological polar surface area (TPSA) is 55.6 Å². The van der Waals surface area contributed by atoms with Gasteiger partial charge in [0.25, 0.3) is 0 Å². The van der Waals surface area contributed by atoms with E-state index < -0.39 is 0 Å². The van der Waals surface area contributed by atoms with E-state index in [-0.39, 0.29) is 6.04 Å². The van der Waals surface area contributed by atoms with Gasteiger partial charge in [-0.2, -0.15) is 0 Å². The van der Waals surface area contributed by atoms with Crippen molar-refractivity contribution in [2.24, 2.45) is 5.92 Å². The van der Waals surface area contributed by atoms with Crippen molar-refractivity contribution in [1.29, 1.82) is 0 Å². The monoisotopic (exact) mass is 255 g/mol.